The van der Waals surface area contributed by atoms with E-state index in [0.717, 1.165) is 25.9 Å². The Morgan fingerprint density at radius 1 is 1.26 bits per heavy atom. The zero-order chi connectivity index (χ0) is 14.5. The van der Waals surface area contributed by atoms with Crippen molar-refractivity contribution in [3.8, 4) is 0 Å². The fraction of sp³-hybridized carbons (Fsp3) is 1.00. The summed E-state index contributed by atoms with van der Waals surface area (Å²) in [7, 11) is -3.27. The van der Waals surface area contributed by atoms with Crippen LogP contribution in [-0.4, -0.2) is 55.8 Å². The smallest absolute Gasteiger partial charge is 0.282 e. The summed E-state index contributed by atoms with van der Waals surface area (Å²) >= 11 is 0. The normalized spacial score (nSPS) is 19.5. The van der Waals surface area contributed by atoms with Gasteiger partial charge in [0.05, 0.1) is 0 Å². The van der Waals surface area contributed by atoms with Gasteiger partial charge in [-0.25, -0.2) is 0 Å². The Morgan fingerprint density at radius 2 is 1.84 bits per heavy atom. The molecule has 19 heavy (non-hydrogen) atoms. The Kier molecular flexibility index (Phi) is 6.73. The molecule has 1 aliphatic heterocycles. The van der Waals surface area contributed by atoms with Gasteiger partial charge in [0.2, 0.25) is 0 Å². The molecule has 0 aromatic rings. The lowest BCUT2D eigenvalue weighted by Crippen LogP contribution is -2.50. The zero-order valence-electron chi connectivity index (χ0n) is 12.7. The predicted molar refractivity (Wildman–Crippen MR) is 79.3 cm³/mol. The quantitative estimate of drug-likeness (QED) is 0.769. The Morgan fingerprint density at radius 3 is 2.26 bits per heavy atom. The second-order valence-electron chi connectivity index (χ2n) is 5.45. The standard InChI is InChI=1S/C13H29N3O2S/c1-5-14-11-13-7-9-15(10-8-13)19(17,18)16(6-2)12(3)4/h12-14H,5-11H2,1-4H3. The van der Waals surface area contributed by atoms with E-state index in [1.54, 1.807) is 8.61 Å². The minimum Gasteiger partial charge on any atom is -0.317 e. The van der Waals surface area contributed by atoms with Crippen LogP contribution < -0.4 is 5.32 Å². The molecular weight excluding hydrogens is 262 g/mol. The molecule has 6 heteroatoms. The summed E-state index contributed by atoms with van der Waals surface area (Å²) in [6, 6.07) is 0.0227. The number of nitrogens with one attached hydrogen (secondary N) is 1. The molecule has 0 aliphatic carbocycles. The van der Waals surface area contributed by atoms with Crippen LogP contribution in [0.5, 0.6) is 0 Å². The molecule has 1 fully saturated rings. The van der Waals surface area contributed by atoms with Gasteiger partial charge in [0.1, 0.15) is 0 Å². The Hall–Kier alpha value is -0.170. The monoisotopic (exact) mass is 291 g/mol. The van der Waals surface area contributed by atoms with Gasteiger partial charge in [-0.2, -0.15) is 17.0 Å². The molecule has 1 rings (SSSR count). The molecule has 0 amide bonds. The molecule has 114 valence electrons. The van der Waals surface area contributed by atoms with E-state index in [4.69, 9.17) is 0 Å². The summed E-state index contributed by atoms with van der Waals surface area (Å²) < 4.78 is 28.3. The van der Waals surface area contributed by atoms with Crippen molar-refractivity contribution in [3.05, 3.63) is 0 Å². The number of hydrogen-bond donors (Lipinski definition) is 1. The van der Waals surface area contributed by atoms with Gasteiger partial charge in [-0.15, -0.1) is 0 Å². The van der Waals surface area contributed by atoms with Crippen molar-refractivity contribution in [2.75, 3.05) is 32.7 Å². The van der Waals surface area contributed by atoms with Crippen LogP contribution in [0.4, 0.5) is 0 Å². The third kappa shape index (κ3) is 4.41. The van der Waals surface area contributed by atoms with Crippen LogP contribution in [-0.2, 0) is 10.2 Å². The third-order valence-electron chi connectivity index (χ3n) is 3.77. The Balaban J connectivity index is 2.58. The van der Waals surface area contributed by atoms with Gasteiger partial charge in [0, 0.05) is 25.7 Å². The van der Waals surface area contributed by atoms with E-state index in [0.29, 0.717) is 25.6 Å². The van der Waals surface area contributed by atoms with Crippen LogP contribution in [0.2, 0.25) is 0 Å². The van der Waals surface area contributed by atoms with Gasteiger partial charge in [0.15, 0.2) is 0 Å². The summed E-state index contributed by atoms with van der Waals surface area (Å²) in [5, 5.41) is 3.35. The average Bonchev–Trinajstić information content (AvgIpc) is 2.36. The van der Waals surface area contributed by atoms with E-state index in [2.05, 4.69) is 12.2 Å². The van der Waals surface area contributed by atoms with E-state index >= 15 is 0 Å². The molecule has 0 unspecified atom stereocenters. The van der Waals surface area contributed by atoms with Crippen LogP contribution in [0, 0.1) is 5.92 Å². The maximum atomic E-state index is 12.5. The largest absolute Gasteiger partial charge is 0.317 e. The molecule has 1 N–H and O–H groups in total. The highest BCUT2D eigenvalue weighted by Crippen LogP contribution is 2.21. The van der Waals surface area contributed by atoms with Gasteiger partial charge in [-0.3, -0.25) is 0 Å². The van der Waals surface area contributed by atoms with Crippen molar-refractivity contribution in [2.45, 2.75) is 46.6 Å². The van der Waals surface area contributed by atoms with E-state index in [1.807, 2.05) is 20.8 Å². The van der Waals surface area contributed by atoms with Crippen molar-refractivity contribution in [2.24, 2.45) is 5.92 Å². The zero-order valence-corrected chi connectivity index (χ0v) is 13.5. The second kappa shape index (κ2) is 7.57. The van der Waals surface area contributed by atoms with E-state index in [1.165, 1.54) is 0 Å². The lowest BCUT2D eigenvalue weighted by atomic mass is 9.98. The van der Waals surface area contributed by atoms with Crippen LogP contribution in [0.15, 0.2) is 0 Å². The Bertz CT molecular complexity index is 349. The van der Waals surface area contributed by atoms with Crippen LogP contribution in [0.3, 0.4) is 0 Å². The molecule has 0 spiro atoms. The van der Waals surface area contributed by atoms with Gasteiger partial charge in [0.25, 0.3) is 10.2 Å². The highest BCUT2D eigenvalue weighted by atomic mass is 32.2. The lowest BCUT2D eigenvalue weighted by Gasteiger charge is -2.36. The first kappa shape index (κ1) is 16.9. The first-order valence-corrected chi connectivity index (χ1v) is 8.80. The number of rotatable bonds is 7. The number of piperidine rings is 1. The molecule has 0 radical (unpaired) electrons. The maximum absolute atomic E-state index is 12.5. The molecule has 0 aromatic heterocycles. The van der Waals surface area contributed by atoms with Crippen molar-refractivity contribution in [1.82, 2.24) is 13.9 Å². The van der Waals surface area contributed by atoms with Crippen LogP contribution >= 0.6 is 0 Å². The topological polar surface area (TPSA) is 52.7 Å². The predicted octanol–water partition coefficient (Wildman–Crippen LogP) is 1.28. The molecule has 1 aliphatic rings. The molecule has 0 atom stereocenters. The SMILES string of the molecule is CCNCC1CCN(S(=O)(=O)N(CC)C(C)C)CC1. The molecule has 0 saturated carbocycles. The lowest BCUT2D eigenvalue weighted by molar-refractivity contribution is 0.243. The molecule has 1 saturated heterocycles. The van der Waals surface area contributed by atoms with Gasteiger partial charge in [-0.1, -0.05) is 13.8 Å². The highest BCUT2D eigenvalue weighted by Gasteiger charge is 2.33. The third-order valence-corrected chi connectivity index (χ3v) is 6.06. The van der Waals surface area contributed by atoms with E-state index in [-0.39, 0.29) is 6.04 Å². The highest BCUT2D eigenvalue weighted by molar-refractivity contribution is 7.86. The minimum atomic E-state index is -3.27. The average molecular weight is 291 g/mol. The molecular formula is C13H29N3O2S. The minimum absolute atomic E-state index is 0.0227. The second-order valence-corrected chi connectivity index (χ2v) is 7.34. The molecule has 5 nitrogen and oxygen atoms in total. The van der Waals surface area contributed by atoms with Crippen molar-refractivity contribution in [1.29, 1.82) is 0 Å². The fourth-order valence-electron chi connectivity index (χ4n) is 2.64. The molecule has 0 aromatic carbocycles. The molecule has 1 heterocycles. The fourth-order valence-corrected chi connectivity index (χ4v) is 4.46. The van der Waals surface area contributed by atoms with Crippen molar-refractivity contribution in [3.63, 3.8) is 0 Å². The van der Waals surface area contributed by atoms with Gasteiger partial charge >= 0.3 is 0 Å². The number of hydrogen-bond acceptors (Lipinski definition) is 3. The summed E-state index contributed by atoms with van der Waals surface area (Å²) in [6.45, 7) is 11.7. The van der Waals surface area contributed by atoms with E-state index in [9.17, 15) is 8.42 Å². The first-order valence-electron chi connectivity index (χ1n) is 7.41. The Labute approximate surface area is 118 Å². The van der Waals surface area contributed by atoms with Crippen LogP contribution in [0.25, 0.3) is 0 Å². The first-order chi connectivity index (χ1) is 8.93. The van der Waals surface area contributed by atoms with Crippen LogP contribution in [0.1, 0.15) is 40.5 Å². The van der Waals surface area contributed by atoms with E-state index < -0.39 is 10.2 Å². The van der Waals surface area contributed by atoms with Crippen molar-refractivity contribution >= 4 is 10.2 Å². The number of nitrogens with zero attached hydrogens (tertiary/aromatic N) is 2. The maximum Gasteiger partial charge on any atom is 0.282 e. The van der Waals surface area contributed by atoms with Crippen molar-refractivity contribution < 1.29 is 8.42 Å². The van der Waals surface area contributed by atoms with Gasteiger partial charge < -0.3 is 5.32 Å². The summed E-state index contributed by atoms with van der Waals surface area (Å²) in [5.74, 6) is 0.612. The summed E-state index contributed by atoms with van der Waals surface area (Å²) in [5.41, 5.74) is 0. The summed E-state index contributed by atoms with van der Waals surface area (Å²) in [6.07, 6.45) is 1.92. The summed E-state index contributed by atoms with van der Waals surface area (Å²) in [4.78, 5) is 0. The van der Waals surface area contributed by atoms with Gasteiger partial charge in [-0.05, 0) is 45.7 Å². The molecule has 0 bridgehead atoms.